The molecule has 1 aliphatic carbocycles. The molecule has 1 atom stereocenters. The van der Waals surface area contributed by atoms with Crippen molar-refractivity contribution in [3.05, 3.63) is 58.7 Å². The predicted molar refractivity (Wildman–Crippen MR) is 124 cm³/mol. The van der Waals surface area contributed by atoms with Crippen molar-refractivity contribution in [2.75, 3.05) is 19.4 Å². The third kappa shape index (κ3) is 4.45. The van der Waals surface area contributed by atoms with Crippen LogP contribution in [0.4, 0.5) is 9.18 Å². The number of rotatable bonds is 7. The maximum absolute atomic E-state index is 14.5. The van der Waals surface area contributed by atoms with Crippen LogP contribution in [0.1, 0.15) is 48.6 Å². The molecular weight excluding hydrogens is 477 g/mol. The number of aromatic nitrogens is 1. The Labute approximate surface area is 202 Å². The predicted octanol–water partition coefficient (Wildman–Crippen LogP) is 1.53. The smallest absolute Gasteiger partial charge is 0.328 e. The molecule has 0 bridgehead atoms. The van der Waals surface area contributed by atoms with Gasteiger partial charge in [-0.2, -0.15) is 0 Å². The molecule has 2 aromatic rings. The number of carbonyl (C=O) groups is 2. The van der Waals surface area contributed by atoms with E-state index in [0.717, 1.165) is 24.7 Å². The number of amides is 2. The van der Waals surface area contributed by atoms with E-state index in [1.807, 2.05) is 0 Å². The molecule has 1 fully saturated rings. The minimum atomic E-state index is -3.87. The summed E-state index contributed by atoms with van der Waals surface area (Å²) in [6.45, 7) is 1.35. The Balaban J connectivity index is 1.45. The molecule has 0 saturated heterocycles. The number of hydroxylamine groups is 1. The highest BCUT2D eigenvalue weighted by Gasteiger charge is 2.45. The summed E-state index contributed by atoms with van der Waals surface area (Å²) in [7, 11) is -3.87. The maximum Gasteiger partial charge on any atom is 0.328 e. The first-order valence-corrected chi connectivity index (χ1v) is 12.9. The van der Waals surface area contributed by atoms with Crippen molar-refractivity contribution in [1.82, 2.24) is 14.9 Å². The van der Waals surface area contributed by atoms with E-state index in [-0.39, 0.29) is 37.1 Å². The standard InChI is InChI=1S/C24H26FN3O6S/c1-23(21(30)26-32,35(2,33)34)9-10-27-14-19-11-16(13-28(19)22(27)31)3-4-17-5-6-18(12-20(17)25)24(15-29)7-8-24/h5-6,11-13,29,32H,7-10,14-15H2,1-2H3,(H,26,30)/t23-/m1/s1. The van der Waals surface area contributed by atoms with Crippen molar-refractivity contribution < 1.29 is 32.7 Å². The third-order valence-electron chi connectivity index (χ3n) is 7.07. The van der Waals surface area contributed by atoms with Crippen molar-refractivity contribution in [3.63, 3.8) is 0 Å². The summed E-state index contributed by atoms with van der Waals surface area (Å²) in [6, 6.07) is 6.07. The molecule has 3 N–H and O–H groups in total. The van der Waals surface area contributed by atoms with Crippen LogP contribution in [0, 0.1) is 17.7 Å². The molecule has 2 aliphatic rings. The zero-order chi connectivity index (χ0) is 25.6. The van der Waals surface area contributed by atoms with Gasteiger partial charge in [-0.25, -0.2) is 23.1 Å². The van der Waals surface area contributed by atoms with E-state index in [9.17, 15) is 27.5 Å². The number of hydrogen-bond acceptors (Lipinski definition) is 6. The number of aliphatic hydroxyl groups is 1. The minimum Gasteiger partial charge on any atom is -0.395 e. The highest BCUT2D eigenvalue weighted by molar-refractivity contribution is 7.92. The van der Waals surface area contributed by atoms with Crippen LogP contribution >= 0.6 is 0 Å². The van der Waals surface area contributed by atoms with E-state index < -0.39 is 32.3 Å². The summed E-state index contributed by atoms with van der Waals surface area (Å²) in [5.74, 6) is 4.11. The van der Waals surface area contributed by atoms with E-state index >= 15 is 0 Å². The summed E-state index contributed by atoms with van der Waals surface area (Å²) in [6.07, 6.45) is 3.89. The molecule has 1 aromatic carbocycles. The topological polar surface area (TPSA) is 129 Å². The van der Waals surface area contributed by atoms with Crippen LogP contribution in [0.15, 0.2) is 30.5 Å². The van der Waals surface area contributed by atoms with Crippen LogP contribution < -0.4 is 5.48 Å². The summed E-state index contributed by atoms with van der Waals surface area (Å²) >= 11 is 0. The van der Waals surface area contributed by atoms with Gasteiger partial charge in [0.2, 0.25) is 0 Å². The van der Waals surface area contributed by atoms with Crippen molar-refractivity contribution >= 4 is 21.8 Å². The van der Waals surface area contributed by atoms with Gasteiger partial charge in [-0.15, -0.1) is 0 Å². The van der Waals surface area contributed by atoms with Gasteiger partial charge in [0.15, 0.2) is 14.6 Å². The van der Waals surface area contributed by atoms with Gasteiger partial charge in [-0.3, -0.25) is 14.6 Å². The second kappa shape index (κ2) is 8.78. The number of halogens is 1. The average molecular weight is 504 g/mol. The van der Waals surface area contributed by atoms with Gasteiger partial charge in [-0.1, -0.05) is 17.9 Å². The monoisotopic (exact) mass is 503 g/mol. The highest BCUT2D eigenvalue weighted by Crippen LogP contribution is 2.47. The van der Waals surface area contributed by atoms with Crippen molar-refractivity contribution in [3.8, 4) is 11.8 Å². The van der Waals surface area contributed by atoms with Crippen LogP contribution in [0.3, 0.4) is 0 Å². The fourth-order valence-electron chi connectivity index (χ4n) is 4.18. The fraction of sp³-hybridized carbons (Fsp3) is 0.417. The lowest BCUT2D eigenvalue weighted by Gasteiger charge is -2.27. The van der Waals surface area contributed by atoms with Gasteiger partial charge in [0.25, 0.3) is 5.91 Å². The number of benzene rings is 1. The second-order valence-corrected chi connectivity index (χ2v) is 11.8. The average Bonchev–Trinajstić information content (AvgIpc) is 3.44. The molecule has 1 aliphatic heterocycles. The summed E-state index contributed by atoms with van der Waals surface area (Å²) < 4.78 is 38.3. The lowest BCUT2D eigenvalue weighted by Crippen LogP contribution is -2.50. The Bertz CT molecular complexity index is 1370. The number of nitrogens with zero attached hydrogens (tertiary/aromatic N) is 2. The van der Waals surface area contributed by atoms with E-state index in [1.54, 1.807) is 18.2 Å². The summed E-state index contributed by atoms with van der Waals surface area (Å²) in [5.41, 5.74) is 3.18. The molecular formula is C24H26FN3O6S. The van der Waals surface area contributed by atoms with Gasteiger partial charge < -0.3 is 10.0 Å². The van der Waals surface area contributed by atoms with Crippen LogP contribution in [-0.2, 0) is 26.6 Å². The number of carbonyl (C=O) groups excluding carboxylic acids is 2. The summed E-state index contributed by atoms with van der Waals surface area (Å²) in [5, 5.41) is 18.5. The van der Waals surface area contributed by atoms with Crippen molar-refractivity contribution in [2.24, 2.45) is 0 Å². The quantitative estimate of drug-likeness (QED) is 0.299. The molecule has 1 aromatic heterocycles. The molecule has 0 radical (unpaired) electrons. The number of aliphatic hydroxyl groups excluding tert-OH is 1. The Morgan fingerprint density at radius 2 is 2.00 bits per heavy atom. The molecule has 4 rings (SSSR count). The number of hydrogen-bond donors (Lipinski definition) is 3. The Morgan fingerprint density at radius 3 is 2.54 bits per heavy atom. The highest BCUT2D eigenvalue weighted by atomic mass is 32.2. The normalized spacial score (nSPS) is 17.9. The largest absolute Gasteiger partial charge is 0.395 e. The van der Waals surface area contributed by atoms with Crippen molar-refractivity contribution in [1.29, 1.82) is 0 Å². The molecule has 0 spiro atoms. The number of nitrogens with one attached hydrogen (secondary N) is 1. The first kappa shape index (κ1) is 24.9. The molecule has 35 heavy (non-hydrogen) atoms. The maximum atomic E-state index is 14.5. The molecule has 186 valence electrons. The lowest BCUT2D eigenvalue weighted by molar-refractivity contribution is -0.131. The number of fused-ring (bicyclic) bond motifs is 1. The van der Waals surface area contributed by atoms with Gasteiger partial charge in [0.1, 0.15) is 5.82 Å². The van der Waals surface area contributed by atoms with E-state index in [4.69, 9.17) is 5.21 Å². The zero-order valence-electron chi connectivity index (χ0n) is 19.3. The van der Waals surface area contributed by atoms with E-state index in [0.29, 0.717) is 11.3 Å². The van der Waals surface area contributed by atoms with Gasteiger partial charge >= 0.3 is 6.03 Å². The van der Waals surface area contributed by atoms with Crippen LogP contribution in [0.2, 0.25) is 0 Å². The molecule has 9 nitrogen and oxygen atoms in total. The first-order chi connectivity index (χ1) is 16.4. The van der Waals surface area contributed by atoms with Crippen LogP contribution in [0.5, 0.6) is 0 Å². The molecule has 11 heteroatoms. The third-order valence-corrected chi connectivity index (χ3v) is 9.09. The van der Waals surface area contributed by atoms with Gasteiger partial charge in [0.05, 0.1) is 18.7 Å². The summed E-state index contributed by atoms with van der Waals surface area (Å²) in [4.78, 5) is 26.1. The fourth-order valence-corrected chi connectivity index (χ4v) is 5.02. The molecule has 1 saturated carbocycles. The molecule has 2 heterocycles. The SMILES string of the molecule is C[C@@](CCN1Cc2cc(C#Cc3ccc(C4(CO)CC4)cc3F)cn2C1=O)(C(=O)NO)S(C)(=O)=O. The zero-order valence-corrected chi connectivity index (χ0v) is 20.2. The van der Waals surface area contributed by atoms with Crippen molar-refractivity contribution in [2.45, 2.75) is 42.9 Å². The Morgan fingerprint density at radius 1 is 1.29 bits per heavy atom. The minimum absolute atomic E-state index is 0.0130. The Kier molecular flexibility index (Phi) is 6.25. The van der Waals surface area contributed by atoms with Crippen LogP contribution in [-0.4, -0.2) is 64.3 Å². The van der Waals surface area contributed by atoms with Crippen LogP contribution in [0.25, 0.3) is 0 Å². The molecule has 0 unspecified atom stereocenters. The van der Waals surface area contributed by atoms with Gasteiger partial charge in [-0.05, 0) is 49.9 Å². The number of sulfone groups is 1. The van der Waals surface area contributed by atoms with Gasteiger partial charge in [0, 0.05) is 35.7 Å². The van der Waals surface area contributed by atoms with E-state index in [1.165, 1.54) is 34.1 Å². The lowest BCUT2D eigenvalue weighted by atomic mass is 9.95. The first-order valence-electron chi connectivity index (χ1n) is 11.0. The van der Waals surface area contributed by atoms with E-state index in [2.05, 4.69) is 11.8 Å². The molecule has 2 amide bonds. The Hall–Kier alpha value is -3.20. The second-order valence-electron chi connectivity index (χ2n) is 9.37.